The summed E-state index contributed by atoms with van der Waals surface area (Å²) in [6, 6.07) is 14.1. The second-order valence-electron chi connectivity index (χ2n) is 6.70. The molecule has 3 heterocycles. The highest BCUT2D eigenvalue weighted by atomic mass is 16.2. The molecule has 2 fully saturated rings. The van der Waals surface area contributed by atoms with E-state index in [0.717, 1.165) is 62.1 Å². The van der Waals surface area contributed by atoms with Gasteiger partial charge in [-0.15, -0.1) is 0 Å². The normalized spacial score (nSPS) is 24.3. The van der Waals surface area contributed by atoms with Crippen molar-refractivity contribution < 1.29 is 4.79 Å². The molecule has 1 aromatic heterocycles. The molecule has 0 bridgehead atoms. The van der Waals surface area contributed by atoms with Crippen LogP contribution in [0.15, 0.2) is 42.5 Å². The van der Waals surface area contributed by atoms with Gasteiger partial charge in [0, 0.05) is 18.8 Å². The minimum absolute atomic E-state index is 0.139. The number of carbonyl (C=O) groups is 1. The Morgan fingerprint density at radius 2 is 1.65 bits per heavy atom. The van der Waals surface area contributed by atoms with Crippen LogP contribution in [0.3, 0.4) is 0 Å². The van der Waals surface area contributed by atoms with Crippen molar-refractivity contribution in [3.8, 4) is 11.3 Å². The molecule has 2 aliphatic heterocycles. The first-order chi connectivity index (χ1) is 11.3. The second-order valence-corrected chi connectivity index (χ2v) is 6.70. The predicted octanol–water partition coefficient (Wildman–Crippen LogP) is 2.75. The van der Waals surface area contributed by atoms with Gasteiger partial charge in [-0.2, -0.15) is 0 Å². The van der Waals surface area contributed by atoms with E-state index in [4.69, 9.17) is 0 Å². The second kappa shape index (κ2) is 6.20. The van der Waals surface area contributed by atoms with Crippen LogP contribution in [-0.2, 0) is 0 Å². The molecule has 2 atom stereocenters. The molecule has 0 spiro atoms. The molecule has 1 aromatic carbocycles. The van der Waals surface area contributed by atoms with Crippen LogP contribution in [0.25, 0.3) is 11.3 Å². The predicted molar refractivity (Wildman–Crippen MR) is 91.2 cm³/mol. The van der Waals surface area contributed by atoms with Crippen molar-refractivity contribution in [2.45, 2.75) is 12.8 Å². The van der Waals surface area contributed by atoms with E-state index in [2.05, 4.69) is 22.4 Å². The first kappa shape index (κ1) is 14.5. The number of hydrogen-bond acceptors (Lipinski definition) is 2. The average molecular weight is 309 g/mol. The molecular formula is C19H23N3O. The molecule has 2 aromatic rings. The molecule has 0 aliphatic carbocycles. The van der Waals surface area contributed by atoms with Crippen molar-refractivity contribution >= 4 is 5.91 Å². The molecule has 2 saturated heterocycles. The highest BCUT2D eigenvalue weighted by Crippen LogP contribution is 2.28. The number of rotatable bonds is 2. The number of nitrogens with one attached hydrogen (secondary N) is 2. The summed E-state index contributed by atoms with van der Waals surface area (Å²) in [6.45, 7) is 3.99. The molecule has 2 aliphatic rings. The third-order valence-electron chi connectivity index (χ3n) is 5.31. The van der Waals surface area contributed by atoms with Crippen LogP contribution < -0.4 is 5.32 Å². The molecule has 4 heteroatoms. The van der Waals surface area contributed by atoms with Crippen molar-refractivity contribution in [3.05, 3.63) is 48.2 Å². The van der Waals surface area contributed by atoms with Gasteiger partial charge in [0.1, 0.15) is 5.69 Å². The fourth-order valence-electron chi connectivity index (χ4n) is 3.90. The Labute approximate surface area is 136 Å². The summed E-state index contributed by atoms with van der Waals surface area (Å²) in [7, 11) is 0. The zero-order chi connectivity index (χ0) is 15.6. The van der Waals surface area contributed by atoms with Crippen molar-refractivity contribution in [2.75, 3.05) is 26.2 Å². The topological polar surface area (TPSA) is 48.1 Å². The number of hydrogen-bond donors (Lipinski definition) is 2. The van der Waals surface area contributed by atoms with Crippen molar-refractivity contribution in [2.24, 2.45) is 11.8 Å². The summed E-state index contributed by atoms with van der Waals surface area (Å²) in [6.07, 6.45) is 2.24. The maximum Gasteiger partial charge on any atom is 0.270 e. The smallest absolute Gasteiger partial charge is 0.270 e. The Morgan fingerprint density at radius 1 is 0.957 bits per heavy atom. The number of H-pyrrole nitrogens is 1. The Bertz CT molecular complexity index is 665. The molecule has 120 valence electrons. The molecule has 0 radical (unpaired) electrons. The highest BCUT2D eigenvalue weighted by molar-refractivity contribution is 5.93. The number of nitrogens with zero attached hydrogens (tertiary/aromatic N) is 1. The van der Waals surface area contributed by atoms with Crippen LogP contribution in [-0.4, -0.2) is 42.0 Å². The van der Waals surface area contributed by atoms with Crippen LogP contribution >= 0.6 is 0 Å². The molecule has 1 amide bonds. The largest absolute Gasteiger partial charge is 0.351 e. The summed E-state index contributed by atoms with van der Waals surface area (Å²) in [5.41, 5.74) is 2.82. The van der Waals surface area contributed by atoms with Crippen LogP contribution in [0, 0.1) is 11.8 Å². The maximum absolute atomic E-state index is 12.8. The Morgan fingerprint density at radius 3 is 2.35 bits per heavy atom. The lowest BCUT2D eigenvalue weighted by atomic mass is 9.92. The van der Waals surface area contributed by atoms with E-state index in [9.17, 15) is 4.79 Å². The number of amides is 1. The van der Waals surface area contributed by atoms with Crippen molar-refractivity contribution in [1.29, 1.82) is 0 Å². The van der Waals surface area contributed by atoms with Crippen LogP contribution in [0.1, 0.15) is 23.3 Å². The van der Waals surface area contributed by atoms with Crippen molar-refractivity contribution in [1.82, 2.24) is 15.2 Å². The molecule has 4 nitrogen and oxygen atoms in total. The quantitative estimate of drug-likeness (QED) is 0.896. The number of aromatic amines is 1. The maximum atomic E-state index is 12.8. The van der Waals surface area contributed by atoms with Crippen LogP contribution in [0.4, 0.5) is 0 Å². The van der Waals surface area contributed by atoms with E-state index in [1.807, 2.05) is 35.2 Å². The SMILES string of the molecule is O=C(c1ccc(-c2ccccc2)[nH]1)N1CC[C@@H]2CNC[C@@H]2CC1. The number of likely N-dealkylation sites (tertiary alicyclic amines) is 1. The number of carbonyl (C=O) groups excluding carboxylic acids is 1. The van der Waals surface area contributed by atoms with E-state index in [-0.39, 0.29) is 5.91 Å². The van der Waals surface area contributed by atoms with Gasteiger partial charge in [-0.1, -0.05) is 30.3 Å². The Hall–Kier alpha value is -2.07. The van der Waals surface area contributed by atoms with Gasteiger partial charge in [-0.3, -0.25) is 4.79 Å². The molecular weight excluding hydrogens is 286 g/mol. The van der Waals surface area contributed by atoms with Crippen LogP contribution in [0.5, 0.6) is 0 Å². The molecule has 0 saturated carbocycles. The van der Waals surface area contributed by atoms with Gasteiger partial charge < -0.3 is 15.2 Å². The van der Waals surface area contributed by atoms with Gasteiger partial charge in [-0.25, -0.2) is 0 Å². The zero-order valence-electron chi connectivity index (χ0n) is 13.3. The summed E-state index contributed by atoms with van der Waals surface area (Å²) < 4.78 is 0. The van der Waals surface area contributed by atoms with E-state index in [1.54, 1.807) is 0 Å². The average Bonchev–Trinajstić information content (AvgIpc) is 3.21. The van der Waals surface area contributed by atoms with Gasteiger partial charge in [0.15, 0.2) is 0 Å². The van der Waals surface area contributed by atoms with Gasteiger partial charge in [0.25, 0.3) is 5.91 Å². The minimum atomic E-state index is 0.139. The van der Waals surface area contributed by atoms with Gasteiger partial charge >= 0.3 is 0 Å². The number of fused-ring (bicyclic) bond motifs is 1. The van der Waals surface area contributed by atoms with E-state index >= 15 is 0 Å². The molecule has 4 rings (SSSR count). The first-order valence-corrected chi connectivity index (χ1v) is 8.55. The summed E-state index contributed by atoms with van der Waals surface area (Å²) >= 11 is 0. The number of benzene rings is 1. The fourth-order valence-corrected chi connectivity index (χ4v) is 3.90. The van der Waals surface area contributed by atoms with E-state index in [0.29, 0.717) is 5.69 Å². The fraction of sp³-hybridized carbons (Fsp3) is 0.421. The lowest BCUT2D eigenvalue weighted by Gasteiger charge is -2.20. The van der Waals surface area contributed by atoms with Crippen LogP contribution in [0.2, 0.25) is 0 Å². The minimum Gasteiger partial charge on any atom is -0.351 e. The van der Waals surface area contributed by atoms with Crippen molar-refractivity contribution in [3.63, 3.8) is 0 Å². The standard InChI is InChI=1S/C19H23N3O/c23-19(22-10-8-15-12-20-13-16(15)9-11-22)18-7-6-17(21-18)14-4-2-1-3-5-14/h1-7,15-16,20-21H,8-13H2/t15-,16+. The molecule has 2 N–H and O–H groups in total. The monoisotopic (exact) mass is 309 g/mol. The summed E-state index contributed by atoms with van der Waals surface area (Å²) in [5, 5.41) is 3.48. The number of aromatic nitrogens is 1. The summed E-state index contributed by atoms with van der Waals surface area (Å²) in [5.74, 6) is 1.63. The van der Waals surface area contributed by atoms with E-state index in [1.165, 1.54) is 0 Å². The molecule has 23 heavy (non-hydrogen) atoms. The third-order valence-corrected chi connectivity index (χ3v) is 5.31. The lowest BCUT2D eigenvalue weighted by Crippen LogP contribution is -2.33. The first-order valence-electron chi connectivity index (χ1n) is 8.55. The van der Waals surface area contributed by atoms with E-state index < -0.39 is 0 Å². The van der Waals surface area contributed by atoms with Gasteiger partial charge in [0.2, 0.25) is 0 Å². The Balaban J connectivity index is 1.48. The van der Waals surface area contributed by atoms with Gasteiger partial charge in [0.05, 0.1) is 0 Å². The highest BCUT2D eigenvalue weighted by Gasteiger charge is 2.31. The molecule has 0 unspecified atom stereocenters. The van der Waals surface area contributed by atoms with Gasteiger partial charge in [-0.05, 0) is 55.5 Å². The Kier molecular flexibility index (Phi) is 3.92. The summed E-state index contributed by atoms with van der Waals surface area (Å²) in [4.78, 5) is 18.1. The lowest BCUT2D eigenvalue weighted by molar-refractivity contribution is 0.0753. The zero-order valence-corrected chi connectivity index (χ0v) is 13.3. The third kappa shape index (κ3) is 2.91.